The topological polar surface area (TPSA) is 85.4 Å². The highest BCUT2D eigenvalue weighted by Gasteiger charge is 2.22. The maximum absolute atomic E-state index is 12.1. The van der Waals surface area contributed by atoms with Gasteiger partial charge in [-0.15, -0.1) is 0 Å². The number of carbonyl (C=O) groups excluding carboxylic acids is 1. The third-order valence-corrected chi connectivity index (χ3v) is 6.18. The molecule has 1 fully saturated rings. The Kier molecular flexibility index (Phi) is 7.03. The fourth-order valence-corrected chi connectivity index (χ4v) is 3.98. The standard InChI is InChI=1S/C21H26N2O4S/c24-20(16-28(25,26)12-4-7-17-5-2-1-3-6-17)22-13-19-10-11-21(23-14-19)27-15-18-8-9-18/h1-3,5-6,10-11,14,18H,4,7-9,12-13,15-16H2,(H,22,24). The number of nitrogens with one attached hydrogen (secondary N) is 1. The van der Waals surface area contributed by atoms with E-state index in [1.165, 1.54) is 12.8 Å². The smallest absolute Gasteiger partial charge is 0.235 e. The lowest BCUT2D eigenvalue weighted by Crippen LogP contribution is -2.31. The first-order valence-corrected chi connectivity index (χ1v) is 11.4. The molecule has 0 radical (unpaired) electrons. The van der Waals surface area contributed by atoms with Crippen LogP contribution in [0, 0.1) is 5.92 Å². The zero-order valence-corrected chi connectivity index (χ0v) is 16.7. The molecular weight excluding hydrogens is 376 g/mol. The Bertz CT molecular complexity index is 863. The molecule has 0 aliphatic heterocycles. The Morgan fingerprint density at radius 3 is 2.57 bits per heavy atom. The van der Waals surface area contributed by atoms with Gasteiger partial charge in [0.25, 0.3) is 0 Å². The second-order valence-electron chi connectivity index (χ2n) is 7.22. The van der Waals surface area contributed by atoms with Crippen molar-refractivity contribution >= 4 is 15.7 Å². The van der Waals surface area contributed by atoms with Crippen LogP contribution < -0.4 is 10.1 Å². The molecule has 1 amide bonds. The molecule has 0 bridgehead atoms. The summed E-state index contributed by atoms with van der Waals surface area (Å²) in [4.78, 5) is 16.2. The summed E-state index contributed by atoms with van der Waals surface area (Å²) in [5.41, 5.74) is 1.90. The summed E-state index contributed by atoms with van der Waals surface area (Å²) in [7, 11) is -3.42. The number of benzene rings is 1. The van der Waals surface area contributed by atoms with E-state index in [0.29, 0.717) is 31.2 Å². The largest absolute Gasteiger partial charge is 0.477 e. The third kappa shape index (κ3) is 7.31. The number of aryl methyl sites for hydroxylation is 1. The normalized spacial score (nSPS) is 13.9. The molecule has 2 aromatic rings. The van der Waals surface area contributed by atoms with Gasteiger partial charge in [0.2, 0.25) is 11.8 Å². The molecule has 1 aromatic carbocycles. The molecule has 3 rings (SSSR count). The molecule has 0 atom stereocenters. The first kappa shape index (κ1) is 20.3. The number of hydrogen-bond acceptors (Lipinski definition) is 5. The number of sulfone groups is 1. The first-order chi connectivity index (χ1) is 13.5. The Morgan fingerprint density at radius 2 is 1.89 bits per heavy atom. The van der Waals surface area contributed by atoms with Crippen molar-refractivity contribution in [1.29, 1.82) is 0 Å². The van der Waals surface area contributed by atoms with E-state index in [1.807, 2.05) is 36.4 Å². The number of hydrogen-bond donors (Lipinski definition) is 1. The van der Waals surface area contributed by atoms with Gasteiger partial charge in [0, 0.05) is 18.8 Å². The van der Waals surface area contributed by atoms with Crippen molar-refractivity contribution in [3.63, 3.8) is 0 Å². The van der Waals surface area contributed by atoms with Crippen LogP contribution in [0.1, 0.15) is 30.4 Å². The molecule has 150 valence electrons. The molecule has 1 aliphatic carbocycles. The SMILES string of the molecule is O=C(CS(=O)(=O)CCCc1ccccc1)NCc1ccc(OCC2CC2)nc1. The van der Waals surface area contributed by atoms with Crippen LogP contribution in [0.15, 0.2) is 48.7 Å². The molecule has 1 saturated carbocycles. The van der Waals surface area contributed by atoms with Crippen LogP contribution in [-0.4, -0.2) is 37.4 Å². The number of pyridine rings is 1. The van der Waals surface area contributed by atoms with Gasteiger partial charge in [0.05, 0.1) is 12.4 Å². The zero-order valence-electron chi connectivity index (χ0n) is 15.8. The molecule has 6 nitrogen and oxygen atoms in total. The van der Waals surface area contributed by atoms with E-state index >= 15 is 0 Å². The molecule has 1 aliphatic rings. The number of aromatic nitrogens is 1. The van der Waals surface area contributed by atoms with Crippen molar-refractivity contribution in [3.05, 3.63) is 59.8 Å². The van der Waals surface area contributed by atoms with Gasteiger partial charge in [-0.25, -0.2) is 13.4 Å². The van der Waals surface area contributed by atoms with Gasteiger partial charge in [-0.3, -0.25) is 4.79 Å². The van der Waals surface area contributed by atoms with Crippen LogP contribution in [0.25, 0.3) is 0 Å². The van der Waals surface area contributed by atoms with Crippen LogP contribution in [0.2, 0.25) is 0 Å². The van der Waals surface area contributed by atoms with Gasteiger partial charge in [-0.1, -0.05) is 36.4 Å². The molecule has 0 saturated heterocycles. The van der Waals surface area contributed by atoms with Crippen molar-refractivity contribution in [3.8, 4) is 5.88 Å². The van der Waals surface area contributed by atoms with Gasteiger partial charge in [-0.05, 0) is 42.7 Å². The second kappa shape index (κ2) is 9.68. The lowest BCUT2D eigenvalue weighted by molar-refractivity contribution is -0.118. The monoisotopic (exact) mass is 402 g/mol. The lowest BCUT2D eigenvalue weighted by atomic mass is 10.1. The van der Waals surface area contributed by atoms with Crippen LogP contribution in [-0.2, 0) is 27.6 Å². The fraction of sp³-hybridized carbons (Fsp3) is 0.429. The fourth-order valence-electron chi connectivity index (χ4n) is 2.75. The third-order valence-electron chi connectivity index (χ3n) is 4.57. The molecule has 7 heteroatoms. The summed E-state index contributed by atoms with van der Waals surface area (Å²) in [6.45, 7) is 0.944. The maximum Gasteiger partial charge on any atom is 0.235 e. The Labute approximate surface area is 166 Å². The van der Waals surface area contributed by atoms with Crippen molar-refractivity contribution in [2.45, 2.75) is 32.2 Å². The zero-order chi connectivity index (χ0) is 19.8. The summed E-state index contributed by atoms with van der Waals surface area (Å²) >= 11 is 0. The van der Waals surface area contributed by atoms with Crippen molar-refractivity contribution in [2.24, 2.45) is 5.92 Å². The average molecular weight is 403 g/mol. The van der Waals surface area contributed by atoms with Crippen molar-refractivity contribution in [1.82, 2.24) is 10.3 Å². The van der Waals surface area contributed by atoms with Crippen molar-refractivity contribution < 1.29 is 17.9 Å². The minimum absolute atomic E-state index is 0.00387. The first-order valence-electron chi connectivity index (χ1n) is 9.59. The number of amides is 1. The molecular formula is C21H26N2O4S. The molecule has 0 spiro atoms. The summed E-state index contributed by atoms with van der Waals surface area (Å²) in [5.74, 6) is 0.258. The van der Waals surface area contributed by atoms with Crippen LogP contribution in [0.3, 0.4) is 0 Å². The van der Waals surface area contributed by atoms with Gasteiger partial charge >= 0.3 is 0 Å². The van der Waals surface area contributed by atoms with Crippen LogP contribution in [0.4, 0.5) is 0 Å². The molecule has 1 N–H and O–H groups in total. The van der Waals surface area contributed by atoms with Crippen LogP contribution in [0.5, 0.6) is 5.88 Å². The number of ether oxygens (including phenoxy) is 1. The summed E-state index contributed by atoms with van der Waals surface area (Å²) in [6.07, 6.45) is 5.27. The quantitative estimate of drug-likeness (QED) is 0.624. The minimum atomic E-state index is -3.42. The highest BCUT2D eigenvalue weighted by atomic mass is 32.2. The van der Waals surface area contributed by atoms with E-state index in [1.54, 1.807) is 12.3 Å². The summed E-state index contributed by atoms with van der Waals surface area (Å²) in [5, 5.41) is 2.64. The number of carbonyl (C=O) groups is 1. The summed E-state index contributed by atoms with van der Waals surface area (Å²) < 4.78 is 29.8. The molecule has 28 heavy (non-hydrogen) atoms. The predicted molar refractivity (Wildman–Crippen MR) is 108 cm³/mol. The number of nitrogens with zero attached hydrogens (tertiary/aromatic N) is 1. The maximum atomic E-state index is 12.1. The van der Waals surface area contributed by atoms with Crippen LogP contribution >= 0.6 is 0 Å². The van der Waals surface area contributed by atoms with Gasteiger partial charge in [0.1, 0.15) is 5.75 Å². The van der Waals surface area contributed by atoms with Gasteiger partial charge in [-0.2, -0.15) is 0 Å². The van der Waals surface area contributed by atoms with E-state index in [-0.39, 0.29) is 12.3 Å². The second-order valence-corrected chi connectivity index (χ2v) is 9.40. The highest BCUT2D eigenvalue weighted by Crippen LogP contribution is 2.29. The van der Waals surface area contributed by atoms with E-state index in [9.17, 15) is 13.2 Å². The summed E-state index contributed by atoms with van der Waals surface area (Å²) in [6, 6.07) is 13.3. The van der Waals surface area contributed by atoms with E-state index in [2.05, 4.69) is 10.3 Å². The minimum Gasteiger partial charge on any atom is -0.477 e. The van der Waals surface area contributed by atoms with E-state index < -0.39 is 21.5 Å². The van der Waals surface area contributed by atoms with Gasteiger partial charge < -0.3 is 10.1 Å². The Morgan fingerprint density at radius 1 is 1.11 bits per heavy atom. The number of rotatable bonds is 11. The van der Waals surface area contributed by atoms with E-state index in [4.69, 9.17) is 4.74 Å². The van der Waals surface area contributed by atoms with Crippen molar-refractivity contribution in [2.75, 3.05) is 18.1 Å². The highest BCUT2D eigenvalue weighted by molar-refractivity contribution is 7.92. The molecule has 1 aromatic heterocycles. The molecule has 0 unspecified atom stereocenters. The predicted octanol–water partition coefficient (Wildman–Crippen LogP) is 2.53. The average Bonchev–Trinajstić information content (AvgIpc) is 3.50. The Balaban J connectivity index is 1.36. The molecule has 1 heterocycles. The Hall–Kier alpha value is -2.41. The lowest BCUT2D eigenvalue weighted by Gasteiger charge is -2.08. The van der Waals surface area contributed by atoms with Gasteiger partial charge in [0.15, 0.2) is 9.84 Å². The van der Waals surface area contributed by atoms with E-state index in [0.717, 1.165) is 11.1 Å².